The van der Waals surface area contributed by atoms with Crippen LogP contribution in [0, 0.1) is 12.8 Å². The number of likely N-dealkylation sites (tertiary alicyclic amines) is 1. The average Bonchev–Trinajstić information content (AvgIpc) is 2.76. The number of benzene rings is 1. The molecule has 1 N–H and O–H groups in total. The number of hydrogen-bond donors (Lipinski definition) is 1. The van der Waals surface area contributed by atoms with Crippen molar-refractivity contribution in [2.24, 2.45) is 5.92 Å². The van der Waals surface area contributed by atoms with Gasteiger partial charge in [0.25, 0.3) is 5.91 Å². The van der Waals surface area contributed by atoms with E-state index in [9.17, 15) is 14.7 Å². The van der Waals surface area contributed by atoms with Gasteiger partial charge in [0, 0.05) is 24.6 Å². The first kappa shape index (κ1) is 20.6. The zero-order chi connectivity index (χ0) is 21.6. The van der Waals surface area contributed by atoms with Crippen molar-refractivity contribution in [3.8, 4) is 5.75 Å². The van der Waals surface area contributed by atoms with Gasteiger partial charge in [-0.2, -0.15) is 0 Å². The van der Waals surface area contributed by atoms with Crippen molar-refractivity contribution in [2.75, 3.05) is 19.7 Å². The van der Waals surface area contributed by atoms with Crippen LogP contribution in [0.25, 0.3) is 11.0 Å². The fourth-order valence-corrected chi connectivity index (χ4v) is 5.81. The number of aryl methyl sites for hydroxylation is 2. The Morgan fingerprint density at radius 2 is 2.00 bits per heavy atom. The van der Waals surface area contributed by atoms with E-state index in [-0.39, 0.29) is 24.1 Å². The Morgan fingerprint density at radius 1 is 1.19 bits per heavy atom. The SMILES string of the molecule is Cc1cc(OCC(=O)N2CCC3(O)CCCCC3C2)c2c3c(c(=O)oc2c1)CCCC3. The molecule has 3 aliphatic rings. The van der Waals surface area contributed by atoms with Gasteiger partial charge < -0.3 is 19.2 Å². The van der Waals surface area contributed by atoms with Crippen molar-refractivity contribution in [3.05, 3.63) is 39.2 Å². The van der Waals surface area contributed by atoms with Crippen LogP contribution >= 0.6 is 0 Å². The first-order chi connectivity index (χ1) is 14.9. The third-order valence-corrected chi connectivity index (χ3v) is 7.56. The summed E-state index contributed by atoms with van der Waals surface area (Å²) < 4.78 is 11.7. The molecular formula is C25H31NO5. The van der Waals surface area contributed by atoms with Gasteiger partial charge in [0.05, 0.1) is 11.0 Å². The van der Waals surface area contributed by atoms with Crippen LogP contribution in [0.3, 0.4) is 0 Å². The summed E-state index contributed by atoms with van der Waals surface area (Å²) in [5, 5.41) is 11.7. The lowest BCUT2D eigenvalue weighted by molar-refractivity contribution is -0.145. The van der Waals surface area contributed by atoms with Crippen molar-refractivity contribution in [2.45, 2.75) is 70.3 Å². The fourth-order valence-electron chi connectivity index (χ4n) is 5.81. The van der Waals surface area contributed by atoms with Crippen molar-refractivity contribution < 1.29 is 19.1 Å². The summed E-state index contributed by atoms with van der Waals surface area (Å²) in [7, 11) is 0. The molecule has 1 aromatic heterocycles. The van der Waals surface area contributed by atoms with E-state index in [1.54, 1.807) is 0 Å². The topological polar surface area (TPSA) is 80.0 Å². The predicted octanol–water partition coefficient (Wildman–Crippen LogP) is 3.51. The number of hydrogen-bond acceptors (Lipinski definition) is 5. The van der Waals surface area contributed by atoms with Gasteiger partial charge in [-0.05, 0) is 75.1 Å². The van der Waals surface area contributed by atoms with Gasteiger partial charge in [-0.1, -0.05) is 12.8 Å². The van der Waals surface area contributed by atoms with Crippen LogP contribution in [0.4, 0.5) is 0 Å². The van der Waals surface area contributed by atoms with E-state index < -0.39 is 5.60 Å². The van der Waals surface area contributed by atoms with Gasteiger partial charge in [-0.15, -0.1) is 0 Å². The van der Waals surface area contributed by atoms with Crippen LogP contribution in [0.2, 0.25) is 0 Å². The Kier molecular flexibility index (Phi) is 5.29. The van der Waals surface area contributed by atoms with E-state index >= 15 is 0 Å². The maximum absolute atomic E-state index is 13.0. The van der Waals surface area contributed by atoms with Crippen molar-refractivity contribution >= 4 is 16.9 Å². The predicted molar refractivity (Wildman–Crippen MR) is 117 cm³/mol. The van der Waals surface area contributed by atoms with Gasteiger partial charge in [-0.25, -0.2) is 4.79 Å². The molecule has 31 heavy (non-hydrogen) atoms. The van der Waals surface area contributed by atoms with E-state index in [1.807, 2.05) is 24.0 Å². The highest BCUT2D eigenvalue weighted by Crippen LogP contribution is 2.40. The third kappa shape index (κ3) is 3.75. The molecule has 2 fully saturated rings. The number of nitrogens with zero attached hydrogens (tertiary/aromatic N) is 1. The minimum absolute atomic E-state index is 0.0440. The van der Waals surface area contributed by atoms with Gasteiger partial charge in [0.1, 0.15) is 11.3 Å². The number of carbonyl (C=O) groups excluding carboxylic acids is 1. The highest BCUT2D eigenvalue weighted by atomic mass is 16.5. The minimum Gasteiger partial charge on any atom is -0.483 e. The quantitative estimate of drug-likeness (QED) is 0.762. The Hall–Kier alpha value is -2.34. The smallest absolute Gasteiger partial charge is 0.339 e. The summed E-state index contributed by atoms with van der Waals surface area (Å²) in [6.07, 6.45) is 8.27. The number of ether oxygens (including phenoxy) is 1. The molecule has 5 rings (SSSR count). The molecule has 2 aromatic rings. The number of aliphatic hydroxyl groups is 1. The molecule has 0 radical (unpaired) electrons. The second kappa shape index (κ2) is 7.97. The molecule has 2 unspecified atom stereocenters. The monoisotopic (exact) mass is 425 g/mol. The lowest BCUT2D eigenvalue weighted by Gasteiger charge is -2.47. The van der Waals surface area contributed by atoms with E-state index in [0.29, 0.717) is 30.8 Å². The van der Waals surface area contributed by atoms with Crippen molar-refractivity contribution in [1.29, 1.82) is 0 Å². The van der Waals surface area contributed by atoms with E-state index in [1.165, 1.54) is 0 Å². The zero-order valence-electron chi connectivity index (χ0n) is 18.2. The summed E-state index contributed by atoms with van der Waals surface area (Å²) in [6, 6.07) is 3.80. The third-order valence-electron chi connectivity index (χ3n) is 7.56. The second-order valence-electron chi connectivity index (χ2n) is 9.61. The molecule has 2 aliphatic carbocycles. The molecule has 6 heteroatoms. The first-order valence-electron chi connectivity index (χ1n) is 11.7. The number of carbonyl (C=O) groups is 1. The van der Waals surface area contributed by atoms with Crippen molar-refractivity contribution in [1.82, 2.24) is 4.90 Å². The van der Waals surface area contributed by atoms with E-state index in [0.717, 1.165) is 73.4 Å². The van der Waals surface area contributed by atoms with Crippen LogP contribution in [-0.4, -0.2) is 41.2 Å². The summed E-state index contributed by atoms with van der Waals surface area (Å²) in [4.78, 5) is 27.2. The Bertz CT molecular complexity index is 1070. The molecule has 2 atom stereocenters. The zero-order valence-corrected chi connectivity index (χ0v) is 18.2. The Labute approximate surface area is 182 Å². The van der Waals surface area contributed by atoms with Gasteiger partial charge in [-0.3, -0.25) is 4.79 Å². The van der Waals surface area contributed by atoms with Crippen LogP contribution in [0.1, 0.15) is 61.6 Å². The summed E-state index contributed by atoms with van der Waals surface area (Å²) >= 11 is 0. The first-order valence-corrected chi connectivity index (χ1v) is 11.7. The van der Waals surface area contributed by atoms with Crippen LogP contribution < -0.4 is 10.4 Å². The lowest BCUT2D eigenvalue weighted by Crippen LogP contribution is -2.55. The average molecular weight is 426 g/mol. The van der Waals surface area contributed by atoms with Crippen molar-refractivity contribution in [3.63, 3.8) is 0 Å². The molecule has 0 bridgehead atoms. The number of fused-ring (bicyclic) bond motifs is 4. The lowest BCUT2D eigenvalue weighted by atomic mass is 9.71. The summed E-state index contributed by atoms with van der Waals surface area (Å²) in [5.74, 6) is 0.741. The van der Waals surface area contributed by atoms with Gasteiger partial charge >= 0.3 is 5.63 Å². The molecule has 1 aromatic carbocycles. The molecular weight excluding hydrogens is 394 g/mol. The summed E-state index contributed by atoms with van der Waals surface area (Å²) in [5.41, 5.74) is 2.40. The number of piperidine rings is 1. The molecule has 6 nitrogen and oxygen atoms in total. The molecule has 0 spiro atoms. The van der Waals surface area contributed by atoms with Gasteiger partial charge in [0.2, 0.25) is 0 Å². The Morgan fingerprint density at radius 3 is 2.84 bits per heavy atom. The number of rotatable bonds is 3. The maximum Gasteiger partial charge on any atom is 0.339 e. The molecule has 1 saturated heterocycles. The normalized spacial score (nSPS) is 25.7. The molecule has 1 aliphatic heterocycles. The maximum atomic E-state index is 13.0. The largest absolute Gasteiger partial charge is 0.483 e. The van der Waals surface area contributed by atoms with Crippen LogP contribution in [0.5, 0.6) is 5.75 Å². The highest BCUT2D eigenvalue weighted by Gasteiger charge is 2.43. The Balaban J connectivity index is 1.37. The minimum atomic E-state index is -0.598. The fraction of sp³-hybridized carbons (Fsp3) is 0.600. The second-order valence-corrected chi connectivity index (χ2v) is 9.61. The molecule has 166 valence electrons. The van der Waals surface area contributed by atoms with Gasteiger partial charge in [0.15, 0.2) is 6.61 Å². The van der Waals surface area contributed by atoms with E-state index in [2.05, 4.69) is 0 Å². The molecule has 1 amide bonds. The van der Waals surface area contributed by atoms with Crippen LogP contribution in [-0.2, 0) is 17.6 Å². The number of amides is 1. The summed E-state index contributed by atoms with van der Waals surface area (Å²) in [6.45, 7) is 3.07. The molecule has 1 saturated carbocycles. The molecule has 2 heterocycles. The highest BCUT2D eigenvalue weighted by molar-refractivity contribution is 5.89. The van der Waals surface area contributed by atoms with E-state index in [4.69, 9.17) is 9.15 Å². The van der Waals surface area contributed by atoms with Crippen LogP contribution in [0.15, 0.2) is 21.3 Å². The standard InChI is InChI=1S/C25H31NO5/c1-16-12-20(23-18-7-2-3-8-19(18)24(28)31-21(23)13-16)30-15-22(27)26-11-10-25(29)9-5-4-6-17(25)14-26/h12-13,17,29H,2-11,14-15H2,1H3.